The lowest BCUT2D eigenvalue weighted by Crippen LogP contribution is -2.34. The van der Waals surface area contributed by atoms with Crippen molar-refractivity contribution in [2.45, 2.75) is 19.4 Å². The molecule has 3 heterocycles. The molecular formula is C20H22N8. The van der Waals surface area contributed by atoms with E-state index in [-0.39, 0.29) is 6.04 Å². The number of pyridine rings is 1. The van der Waals surface area contributed by atoms with E-state index in [1.54, 1.807) is 16.9 Å². The van der Waals surface area contributed by atoms with Gasteiger partial charge in [0.2, 0.25) is 0 Å². The second-order valence-electron chi connectivity index (χ2n) is 6.82. The third-order valence-corrected chi connectivity index (χ3v) is 5.15. The van der Waals surface area contributed by atoms with Crippen molar-refractivity contribution in [2.24, 2.45) is 0 Å². The lowest BCUT2D eigenvalue weighted by molar-refractivity contribution is 0.215. The van der Waals surface area contributed by atoms with Gasteiger partial charge in [0.25, 0.3) is 0 Å². The van der Waals surface area contributed by atoms with E-state index in [0.29, 0.717) is 5.56 Å². The summed E-state index contributed by atoms with van der Waals surface area (Å²) in [5.74, 6) is 1.60. The van der Waals surface area contributed by atoms with Gasteiger partial charge in [-0.05, 0) is 48.0 Å². The molecule has 0 radical (unpaired) electrons. The zero-order valence-corrected chi connectivity index (χ0v) is 15.8. The molecule has 0 spiro atoms. The summed E-state index contributed by atoms with van der Waals surface area (Å²) in [5, 5.41) is 21.8. The first-order valence-electron chi connectivity index (χ1n) is 9.46. The molecule has 0 N–H and O–H groups in total. The van der Waals surface area contributed by atoms with Gasteiger partial charge in [-0.1, -0.05) is 18.2 Å². The Morgan fingerprint density at radius 3 is 2.71 bits per heavy atom. The number of hydrogen-bond acceptors (Lipinski definition) is 7. The summed E-state index contributed by atoms with van der Waals surface area (Å²) in [6.07, 6.45) is 2.73. The minimum absolute atomic E-state index is 0.0781. The monoisotopic (exact) mass is 374 g/mol. The highest BCUT2D eigenvalue weighted by molar-refractivity contribution is 5.53. The third-order valence-electron chi connectivity index (χ3n) is 5.15. The summed E-state index contributed by atoms with van der Waals surface area (Å²) in [5.41, 5.74) is 1.58. The van der Waals surface area contributed by atoms with Gasteiger partial charge in [-0.3, -0.25) is 4.90 Å². The van der Waals surface area contributed by atoms with E-state index >= 15 is 0 Å². The second-order valence-corrected chi connectivity index (χ2v) is 6.82. The number of nitrogens with zero attached hydrogens (tertiary/aromatic N) is 8. The van der Waals surface area contributed by atoms with Crippen molar-refractivity contribution in [3.63, 3.8) is 0 Å². The van der Waals surface area contributed by atoms with Gasteiger partial charge in [0.05, 0.1) is 17.3 Å². The van der Waals surface area contributed by atoms with Crippen LogP contribution in [0, 0.1) is 11.3 Å². The van der Waals surface area contributed by atoms with Crippen LogP contribution in [0.15, 0.2) is 48.7 Å². The largest absolute Gasteiger partial charge is 0.354 e. The number of anilines is 1. The highest BCUT2D eigenvalue weighted by Crippen LogP contribution is 2.24. The summed E-state index contributed by atoms with van der Waals surface area (Å²) >= 11 is 0. The van der Waals surface area contributed by atoms with Gasteiger partial charge < -0.3 is 4.90 Å². The second kappa shape index (κ2) is 8.15. The van der Waals surface area contributed by atoms with Crippen LogP contribution in [0.1, 0.15) is 30.8 Å². The molecule has 3 aromatic rings. The molecule has 142 valence electrons. The van der Waals surface area contributed by atoms with Gasteiger partial charge in [0.15, 0.2) is 5.82 Å². The van der Waals surface area contributed by atoms with Crippen LogP contribution >= 0.6 is 0 Å². The average molecular weight is 374 g/mol. The van der Waals surface area contributed by atoms with Crippen LogP contribution in [-0.4, -0.2) is 56.3 Å². The molecule has 0 amide bonds. The zero-order valence-electron chi connectivity index (χ0n) is 15.8. The maximum absolute atomic E-state index is 9.37. The van der Waals surface area contributed by atoms with E-state index < -0.39 is 0 Å². The molecule has 0 saturated carbocycles. The minimum atomic E-state index is 0.0781. The number of benzene rings is 1. The summed E-state index contributed by atoms with van der Waals surface area (Å²) < 4.78 is 1.81. The van der Waals surface area contributed by atoms with Crippen LogP contribution in [0.5, 0.6) is 0 Å². The van der Waals surface area contributed by atoms with Gasteiger partial charge in [0.1, 0.15) is 11.9 Å². The molecule has 8 heteroatoms. The van der Waals surface area contributed by atoms with Crippen LogP contribution in [0.25, 0.3) is 5.69 Å². The summed E-state index contributed by atoms with van der Waals surface area (Å²) in [6, 6.07) is 15.9. The minimum Gasteiger partial charge on any atom is -0.354 e. The van der Waals surface area contributed by atoms with Crippen LogP contribution in [0.3, 0.4) is 0 Å². The normalized spacial score (nSPS) is 16.4. The molecule has 0 aliphatic carbocycles. The highest BCUT2D eigenvalue weighted by atomic mass is 15.6. The van der Waals surface area contributed by atoms with E-state index in [1.807, 2.05) is 36.4 Å². The maximum atomic E-state index is 9.37. The highest BCUT2D eigenvalue weighted by Gasteiger charge is 2.25. The summed E-state index contributed by atoms with van der Waals surface area (Å²) in [7, 11) is 0. The molecule has 1 atom stereocenters. The van der Waals surface area contributed by atoms with Gasteiger partial charge in [-0.2, -0.15) is 9.94 Å². The van der Waals surface area contributed by atoms with Crippen LogP contribution < -0.4 is 4.90 Å². The van der Waals surface area contributed by atoms with Crippen molar-refractivity contribution in [1.82, 2.24) is 30.1 Å². The van der Waals surface area contributed by atoms with Crippen molar-refractivity contribution in [1.29, 1.82) is 5.26 Å². The molecule has 8 nitrogen and oxygen atoms in total. The smallest absolute Gasteiger partial charge is 0.173 e. The average Bonchev–Trinajstić information content (AvgIpc) is 3.11. The molecule has 1 fully saturated rings. The molecule has 2 aromatic heterocycles. The number of para-hydroxylation sites is 1. The molecular weight excluding hydrogens is 352 g/mol. The van der Waals surface area contributed by atoms with Crippen molar-refractivity contribution in [3.8, 4) is 11.8 Å². The van der Waals surface area contributed by atoms with Gasteiger partial charge in [-0.25, -0.2) is 4.98 Å². The lowest BCUT2D eigenvalue weighted by atomic mass is 10.2. The molecule has 28 heavy (non-hydrogen) atoms. The molecule has 1 unspecified atom stereocenters. The quantitative estimate of drug-likeness (QED) is 0.692. The fourth-order valence-corrected chi connectivity index (χ4v) is 3.64. The number of tetrazole rings is 1. The Bertz CT molecular complexity index is 962. The Morgan fingerprint density at radius 1 is 1.04 bits per heavy atom. The van der Waals surface area contributed by atoms with Crippen LogP contribution in [-0.2, 0) is 0 Å². The molecule has 1 saturated heterocycles. The first kappa shape index (κ1) is 18.1. The summed E-state index contributed by atoms with van der Waals surface area (Å²) in [6.45, 7) is 5.61. The van der Waals surface area contributed by atoms with Gasteiger partial charge >= 0.3 is 0 Å². The van der Waals surface area contributed by atoms with E-state index in [0.717, 1.165) is 49.9 Å². The lowest BCUT2D eigenvalue weighted by Gasteiger charge is -2.27. The number of aromatic nitrogens is 5. The SMILES string of the molecule is CC(c1nnnn1-c1ccccc1)N1CCCN(c2ncccc2C#N)CC1. The molecule has 1 aromatic carbocycles. The van der Waals surface area contributed by atoms with Crippen molar-refractivity contribution < 1.29 is 0 Å². The third kappa shape index (κ3) is 3.57. The first-order valence-corrected chi connectivity index (χ1v) is 9.46. The van der Waals surface area contributed by atoms with Crippen molar-refractivity contribution in [3.05, 3.63) is 60.0 Å². The fourth-order valence-electron chi connectivity index (χ4n) is 3.64. The molecule has 0 bridgehead atoms. The Labute approximate surface area is 164 Å². The summed E-state index contributed by atoms with van der Waals surface area (Å²) in [4.78, 5) is 9.03. The zero-order chi connectivity index (χ0) is 19.3. The standard InChI is InChI=1S/C20H22N8/c1-16(19-23-24-25-28(19)18-8-3-2-4-9-18)26-11-6-12-27(14-13-26)20-17(15-21)7-5-10-22-20/h2-5,7-10,16H,6,11-14H2,1H3. The molecule has 1 aliphatic rings. The van der Waals surface area contributed by atoms with E-state index in [1.165, 1.54) is 0 Å². The molecule has 1 aliphatic heterocycles. The Kier molecular flexibility index (Phi) is 5.26. The number of rotatable bonds is 4. The Balaban J connectivity index is 1.51. The molecule has 4 rings (SSSR count). The van der Waals surface area contributed by atoms with Gasteiger partial charge in [-0.15, -0.1) is 5.10 Å². The van der Waals surface area contributed by atoms with Crippen LogP contribution in [0.4, 0.5) is 5.82 Å². The fraction of sp³-hybridized carbons (Fsp3) is 0.350. The topological polar surface area (TPSA) is 86.8 Å². The van der Waals surface area contributed by atoms with Crippen LogP contribution in [0.2, 0.25) is 0 Å². The predicted molar refractivity (Wildman–Crippen MR) is 105 cm³/mol. The Hall–Kier alpha value is -3.31. The Morgan fingerprint density at radius 2 is 1.89 bits per heavy atom. The van der Waals surface area contributed by atoms with Gasteiger partial charge in [0, 0.05) is 32.4 Å². The number of hydrogen-bond donors (Lipinski definition) is 0. The van der Waals surface area contributed by atoms with Crippen molar-refractivity contribution >= 4 is 5.82 Å². The first-order chi connectivity index (χ1) is 13.8. The maximum Gasteiger partial charge on any atom is 0.173 e. The van der Waals surface area contributed by atoms with E-state index in [2.05, 4.69) is 43.3 Å². The van der Waals surface area contributed by atoms with E-state index in [4.69, 9.17) is 0 Å². The van der Waals surface area contributed by atoms with E-state index in [9.17, 15) is 5.26 Å². The van der Waals surface area contributed by atoms with Crippen molar-refractivity contribution in [2.75, 3.05) is 31.1 Å². The number of nitriles is 1. The predicted octanol–water partition coefficient (Wildman–Crippen LogP) is 2.20.